The lowest BCUT2D eigenvalue weighted by Gasteiger charge is -2.30. The van der Waals surface area contributed by atoms with Crippen LogP contribution >= 0.6 is 0 Å². The van der Waals surface area contributed by atoms with E-state index in [1.807, 2.05) is 0 Å². The summed E-state index contributed by atoms with van der Waals surface area (Å²) in [6, 6.07) is 16.1. The lowest BCUT2D eigenvalue weighted by molar-refractivity contribution is 0.234. The first-order chi connectivity index (χ1) is 10.9. The molecule has 0 saturated heterocycles. The summed E-state index contributed by atoms with van der Waals surface area (Å²) in [5.41, 5.74) is 5.98. The highest BCUT2D eigenvalue weighted by Gasteiger charge is 2.30. The second-order valence-electron chi connectivity index (χ2n) is 6.41. The molecule has 0 radical (unpaired) electrons. The summed E-state index contributed by atoms with van der Waals surface area (Å²) in [6.45, 7) is 2.39. The van der Waals surface area contributed by atoms with Crippen LogP contribution in [0.3, 0.4) is 0 Å². The first-order valence-electron chi connectivity index (χ1n) is 8.35. The van der Waals surface area contributed by atoms with Gasteiger partial charge >= 0.3 is 0 Å². The van der Waals surface area contributed by atoms with Crippen LogP contribution < -0.4 is 4.74 Å². The maximum Gasteiger partial charge on any atom is 0.119 e. The highest BCUT2D eigenvalue weighted by Crippen LogP contribution is 2.39. The molecular weight excluding hydrogens is 270 g/mol. The molecule has 2 aromatic carbocycles. The van der Waals surface area contributed by atoms with Crippen molar-refractivity contribution in [1.29, 1.82) is 0 Å². The molecule has 2 nitrogen and oxygen atoms in total. The predicted molar refractivity (Wildman–Crippen MR) is 89.5 cm³/mol. The Morgan fingerprint density at radius 3 is 2.45 bits per heavy atom. The average molecular weight is 293 g/mol. The Kier molecular flexibility index (Phi) is 3.63. The van der Waals surface area contributed by atoms with Gasteiger partial charge in [0.25, 0.3) is 0 Å². The molecule has 0 fully saturated rings. The number of hydrogen-bond donors (Lipinski definition) is 0. The third-order valence-electron chi connectivity index (χ3n) is 5.14. The van der Waals surface area contributed by atoms with Gasteiger partial charge in [-0.05, 0) is 73.2 Å². The summed E-state index contributed by atoms with van der Waals surface area (Å²) in [4.78, 5) is 2.68. The van der Waals surface area contributed by atoms with Gasteiger partial charge in [0.05, 0.1) is 13.2 Å². The van der Waals surface area contributed by atoms with Crippen molar-refractivity contribution >= 4 is 0 Å². The summed E-state index contributed by atoms with van der Waals surface area (Å²) >= 11 is 0. The maximum absolute atomic E-state index is 5.44. The quantitative estimate of drug-likeness (QED) is 0.788. The van der Waals surface area contributed by atoms with Gasteiger partial charge in [-0.2, -0.15) is 0 Å². The maximum atomic E-state index is 5.44. The van der Waals surface area contributed by atoms with E-state index in [9.17, 15) is 0 Å². The second-order valence-corrected chi connectivity index (χ2v) is 6.41. The van der Waals surface area contributed by atoms with Gasteiger partial charge in [-0.1, -0.05) is 30.3 Å². The molecule has 1 atom stereocenters. The van der Waals surface area contributed by atoms with Gasteiger partial charge in [0.15, 0.2) is 0 Å². The topological polar surface area (TPSA) is 12.5 Å². The number of nitrogens with zero attached hydrogens (tertiary/aromatic N) is 1. The van der Waals surface area contributed by atoms with Crippen LogP contribution in [0.25, 0.3) is 0 Å². The van der Waals surface area contributed by atoms with E-state index in [0.717, 1.165) is 12.2 Å². The number of aryl methyl sites for hydroxylation is 2. The number of fused-ring (bicyclic) bond motifs is 5. The van der Waals surface area contributed by atoms with Crippen molar-refractivity contribution < 1.29 is 4.74 Å². The fraction of sp³-hybridized carbons (Fsp3) is 0.400. The molecule has 2 heterocycles. The van der Waals surface area contributed by atoms with Crippen molar-refractivity contribution in [1.82, 2.24) is 4.90 Å². The molecule has 2 heteroatoms. The molecule has 2 aromatic rings. The molecule has 0 amide bonds. The molecule has 0 spiro atoms. The zero-order chi connectivity index (χ0) is 14.9. The van der Waals surface area contributed by atoms with Crippen molar-refractivity contribution in [2.75, 3.05) is 20.2 Å². The Morgan fingerprint density at radius 2 is 1.64 bits per heavy atom. The minimum absolute atomic E-state index is 0.419. The van der Waals surface area contributed by atoms with E-state index >= 15 is 0 Å². The van der Waals surface area contributed by atoms with E-state index in [-0.39, 0.29) is 0 Å². The van der Waals surface area contributed by atoms with Gasteiger partial charge in [0.2, 0.25) is 0 Å². The van der Waals surface area contributed by atoms with Crippen LogP contribution in [0.2, 0.25) is 0 Å². The molecule has 2 aliphatic rings. The largest absolute Gasteiger partial charge is 0.497 e. The van der Waals surface area contributed by atoms with E-state index in [1.54, 1.807) is 7.11 Å². The van der Waals surface area contributed by atoms with Crippen LogP contribution in [-0.2, 0) is 12.8 Å². The van der Waals surface area contributed by atoms with Crippen molar-refractivity contribution in [3.05, 3.63) is 64.7 Å². The van der Waals surface area contributed by atoms with Crippen LogP contribution in [-0.4, -0.2) is 25.1 Å². The van der Waals surface area contributed by atoms with Crippen LogP contribution in [0.15, 0.2) is 42.5 Å². The molecule has 0 unspecified atom stereocenters. The third-order valence-corrected chi connectivity index (χ3v) is 5.14. The van der Waals surface area contributed by atoms with Crippen LogP contribution in [0, 0.1) is 0 Å². The summed E-state index contributed by atoms with van der Waals surface area (Å²) < 4.78 is 5.44. The fourth-order valence-electron chi connectivity index (χ4n) is 4.10. The van der Waals surface area contributed by atoms with Crippen LogP contribution in [0.5, 0.6) is 5.75 Å². The van der Waals surface area contributed by atoms with Crippen molar-refractivity contribution in [3.63, 3.8) is 0 Å². The Hall–Kier alpha value is -1.80. The smallest absolute Gasteiger partial charge is 0.119 e. The van der Waals surface area contributed by atoms with Gasteiger partial charge in [-0.15, -0.1) is 0 Å². The lowest BCUT2D eigenvalue weighted by atomic mass is 9.90. The standard InChI is InChI=1S/C20H23NO/c1-22-17-10-11-19-16(14-17)8-5-13-21-12-4-7-15-6-2-3-9-18(15)20(19)21/h2-3,6,9-11,14,20H,4-5,7-8,12-13H2,1H3/t20-/m0/s1. The summed E-state index contributed by atoms with van der Waals surface area (Å²) in [7, 11) is 1.76. The molecule has 4 rings (SSSR count). The van der Waals surface area contributed by atoms with Gasteiger partial charge in [0, 0.05) is 0 Å². The number of methoxy groups -OCH3 is 1. The minimum Gasteiger partial charge on any atom is -0.497 e. The van der Waals surface area contributed by atoms with Crippen LogP contribution in [0.4, 0.5) is 0 Å². The van der Waals surface area contributed by atoms with E-state index in [2.05, 4.69) is 47.4 Å². The highest BCUT2D eigenvalue weighted by atomic mass is 16.5. The molecular formula is C20H23NO. The van der Waals surface area contributed by atoms with Crippen molar-refractivity contribution in [2.24, 2.45) is 0 Å². The average Bonchev–Trinajstić information content (AvgIpc) is 2.84. The number of benzene rings is 2. The summed E-state index contributed by atoms with van der Waals surface area (Å²) in [5.74, 6) is 0.981. The number of rotatable bonds is 1. The lowest BCUT2D eigenvalue weighted by Crippen LogP contribution is -2.29. The Bertz CT molecular complexity index is 679. The molecule has 2 aliphatic heterocycles. The monoisotopic (exact) mass is 293 g/mol. The Balaban J connectivity index is 1.88. The van der Waals surface area contributed by atoms with Gasteiger partial charge < -0.3 is 4.74 Å². The second kappa shape index (κ2) is 5.77. The van der Waals surface area contributed by atoms with Crippen molar-refractivity contribution in [3.8, 4) is 5.75 Å². The fourth-order valence-corrected chi connectivity index (χ4v) is 4.10. The van der Waals surface area contributed by atoms with E-state index in [0.29, 0.717) is 6.04 Å². The molecule has 22 heavy (non-hydrogen) atoms. The third kappa shape index (κ3) is 2.32. The van der Waals surface area contributed by atoms with Gasteiger partial charge in [-0.25, -0.2) is 0 Å². The Labute approximate surface area is 132 Å². The predicted octanol–water partition coefficient (Wildman–Crippen LogP) is 3.98. The molecule has 0 bridgehead atoms. The minimum atomic E-state index is 0.419. The zero-order valence-electron chi connectivity index (χ0n) is 13.2. The van der Waals surface area contributed by atoms with E-state index in [4.69, 9.17) is 4.74 Å². The normalized spacial score (nSPS) is 21.0. The van der Waals surface area contributed by atoms with Crippen molar-refractivity contribution in [2.45, 2.75) is 31.7 Å². The zero-order valence-corrected chi connectivity index (χ0v) is 13.2. The Morgan fingerprint density at radius 1 is 0.909 bits per heavy atom. The molecule has 114 valence electrons. The molecule has 0 saturated carbocycles. The SMILES string of the molecule is COc1ccc2c(c1)CCCN1CCCc3ccccc3[C@@H]21. The number of ether oxygens (including phenoxy) is 1. The van der Waals surface area contributed by atoms with E-state index < -0.39 is 0 Å². The highest BCUT2D eigenvalue weighted by molar-refractivity contribution is 5.45. The number of hydrogen-bond acceptors (Lipinski definition) is 2. The summed E-state index contributed by atoms with van der Waals surface area (Å²) in [5, 5.41) is 0. The van der Waals surface area contributed by atoms with Gasteiger partial charge in [0.1, 0.15) is 5.75 Å². The summed E-state index contributed by atoms with van der Waals surface area (Å²) in [6.07, 6.45) is 4.86. The van der Waals surface area contributed by atoms with Crippen LogP contribution in [0.1, 0.15) is 41.1 Å². The molecule has 0 aliphatic carbocycles. The van der Waals surface area contributed by atoms with E-state index in [1.165, 1.54) is 54.6 Å². The molecule has 0 N–H and O–H groups in total. The first-order valence-corrected chi connectivity index (χ1v) is 8.35. The molecule has 0 aromatic heterocycles. The van der Waals surface area contributed by atoms with Gasteiger partial charge in [-0.3, -0.25) is 4.90 Å². The first kappa shape index (κ1) is 13.8.